The van der Waals surface area contributed by atoms with Crippen LogP contribution in [0.3, 0.4) is 0 Å². The van der Waals surface area contributed by atoms with Gasteiger partial charge in [-0.2, -0.15) is 0 Å². The van der Waals surface area contributed by atoms with Crippen molar-refractivity contribution in [3.63, 3.8) is 0 Å². The third-order valence-corrected chi connectivity index (χ3v) is 2.72. The van der Waals surface area contributed by atoms with E-state index in [1.54, 1.807) is 18.0 Å². The fourth-order valence-corrected chi connectivity index (χ4v) is 1.61. The smallest absolute Gasteiger partial charge is 0.251 e. The van der Waals surface area contributed by atoms with E-state index in [4.69, 9.17) is 4.74 Å². The van der Waals surface area contributed by atoms with Gasteiger partial charge in [0.1, 0.15) is 6.10 Å². The van der Waals surface area contributed by atoms with Gasteiger partial charge in [-0.3, -0.25) is 4.79 Å². The second-order valence-electron chi connectivity index (χ2n) is 4.30. The molecule has 0 radical (unpaired) electrons. The van der Waals surface area contributed by atoms with Gasteiger partial charge in [0, 0.05) is 20.0 Å². The highest BCUT2D eigenvalue weighted by atomic mass is 16.5. The quantitative estimate of drug-likeness (QED) is 0.751. The van der Waals surface area contributed by atoms with E-state index in [1.807, 2.05) is 18.2 Å². The molecule has 0 bridgehead atoms. The summed E-state index contributed by atoms with van der Waals surface area (Å²) in [5, 5.41) is 0. The molecule has 1 aromatic rings. The number of hydrogen-bond donors (Lipinski definition) is 0. The highest BCUT2D eigenvalue weighted by Crippen LogP contribution is 2.08. The third kappa shape index (κ3) is 4.72. The van der Waals surface area contributed by atoms with Crippen LogP contribution >= 0.6 is 0 Å². The maximum absolute atomic E-state index is 11.3. The molecule has 0 saturated carbocycles. The van der Waals surface area contributed by atoms with Gasteiger partial charge in [0.25, 0.3) is 5.91 Å². The second kappa shape index (κ2) is 7.67. The molecule has 1 amide bonds. The summed E-state index contributed by atoms with van der Waals surface area (Å²) in [6.45, 7) is 6.99. The first kappa shape index (κ1) is 14.5. The summed E-state index contributed by atoms with van der Waals surface area (Å²) >= 11 is 0. The highest BCUT2D eigenvalue weighted by Gasteiger charge is 2.25. The van der Waals surface area contributed by atoms with Gasteiger partial charge in [0.15, 0.2) is 0 Å². The van der Waals surface area contributed by atoms with Crippen molar-refractivity contribution in [2.45, 2.75) is 19.4 Å². The van der Waals surface area contributed by atoms with Gasteiger partial charge in [0.05, 0.1) is 6.61 Å². The Morgan fingerprint density at radius 3 is 2.61 bits per heavy atom. The first-order valence-electron chi connectivity index (χ1n) is 6.14. The molecule has 0 aromatic heterocycles. The maximum atomic E-state index is 11.3. The molecule has 3 heteroatoms. The summed E-state index contributed by atoms with van der Waals surface area (Å²) in [6, 6.07) is 10.3. The van der Waals surface area contributed by atoms with Crippen LogP contribution < -0.4 is 0 Å². The summed E-state index contributed by atoms with van der Waals surface area (Å²) in [5.74, 6) is 0.0659. The number of hydrogen-bond acceptors (Lipinski definition) is 2. The lowest BCUT2D eigenvalue weighted by molar-refractivity contribution is -0.150. The molecule has 1 unspecified atom stereocenters. The monoisotopic (exact) mass is 247 g/mol. The van der Waals surface area contributed by atoms with Crippen molar-refractivity contribution in [1.82, 2.24) is 4.90 Å². The van der Waals surface area contributed by atoms with Gasteiger partial charge in [-0.25, -0.2) is 0 Å². The Morgan fingerprint density at radius 2 is 2.11 bits per heavy atom. The second-order valence-corrected chi connectivity index (χ2v) is 4.30. The van der Waals surface area contributed by atoms with Crippen molar-refractivity contribution in [2.75, 3.05) is 20.2 Å². The van der Waals surface area contributed by atoms with E-state index in [1.165, 1.54) is 5.56 Å². The van der Waals surface area contributed by atoms with Crippen LogP contribution in [0, 0.1) is 6.92 Å². The van der Waals surface area contributed by atoms with Crippen LogP contribution in [0.15, 0.2) is 43.0 Å². The number of carbonyl (C=O) groups is 1. The number of benzene rings is 1. The lowest BCUT2D eigenvalue weighted by atomic mass is 10.2. The fourth-order valence-electron chi connectivity index (χ4n) is 1.61. The number of aryl methyl sites for hydroxylation is 1. The minimum Gasteiger partial charge on any atom is -0.366 e. The molecule has 1 aliphatic heterocycles. The standard InChI is InChI=1S/C8H13NO2.C7H8/c1-3-4-7-8(10)9(2)5-6-11-7;1-7-5-3-2-4-6-7/h3,7H,1,4-6H2,2H3;2-6H,1H3. The van der Waals surface area contributed by atoms with Gasteiger partial charge < -0.3 is 9.64 Å². The van der Waals surface area contributed by atoms with E-state index in [2.05, 4.69) is 25.6 Å². The van der Waals surface area contributed by atoms with Crippen molar-refractivity contribution >= 4 is 5.91 Å². The summed E-state index contributed by atoms with van der Waals surface area (Å²) in [5.41, 5.74) is 1.32. The normalized spacial score (nSPS) is 18.9. The predicted molar refractivity (Wildman–Crippen MR) is 73.4 cm³/mol. The maximum Gasteiger partial charge on any atom is 0.251 e. The Kier molecular flexibility index (Phi) is 6.15. The first-order valence-corrected chi connectivity index (χ1v) is 6.14. The topological polar surface area (TPSA) is 29.5 Å². The number of morpholine rings is 1. The Hall–Kier alpha value is -1.61. The lowest BCUT2D eigenvalue weighted by Gasteiger charge is -2.28. The average molecular weight is 247 g/mol. The number of likely N-dealkylation sites (N-methyl/N-ethyl adjacent to an activating group) is 1. The van der Waals surface area contributed by atoms with Gasteiger partial charge in [-0.05, 0) is 6.92 Å². The molecule has 1 fully saturated rings. The van der Waals surface area contributed by atoms with Crippen LogP contribution in [0.25, 0.3) is 0 Å². The predicted octanol–water partition coefficient (Wildman–Crippen LogP) is 2.41. The number of amides is 1. The van der Waals surface area contributed by atoms with Gasteiger partial charge in [-0.1, -0.05) is 42.0 Å². The van der Waals surface area contributed by atoms with Crippen molar-refractivity contribution < 1.29 is 9.53 Å². The Labute approximate surface area is 109 Å². The van der Waals surface area contributed by atoms with Crippen LogP contribution in [-0.2, 0) is 9.53 Å². The molecule has 1 aromatic carbocycles. The van der Waals surface area contributed by atoms with Crippen molar-refractivity contribution in [2.24, 2.45) is 0 Å². The van der Waals surface area contributed by atoms with Crippen molar-refractivity contribution in [3.8, 4) is 0 Å². The molecular weight excluding hydrogens is 226 g/mol. The van der Waals surface area contributed by atoms with Crippen LogP contribution in [0.2, 0.25) is 0 Å². The van der Waals surface area contributed by atoms with Crippen molar-refractivity contribution in [3.05, 3.63) is 48.6 Å². The Morgan fingerprint density at radius 1 is 1.44 bits per heavy atom. The van der Waals surface area contributed by atoms with E-state index in [0.717, 1.165) is 0 Å². The van der Waals surface area contributed by atoms with Crippen LogP contribution in [0.1, 0.15) is 12.0 Å². The fraction of sp³-hybridized carbons (Fsp3) is 0.400. The number of carbonyl (C=O) groups excluding carboxylic acids is 1. The molecule has 1 atom stereocenters. The largest absolute Gasteiger partial charge is 0.366 e. The Bertz CT molecular complexity index is 375. The SMILES string of the molecule is C=CCC1OCCN(C)C1=O.Cc1ccccc1. The first-order chi connectivity index (χ1) is 8.65. The van der Waals surface area contributed by atoms with E-state index >= 15 is 0 Å². The summed E-state index contributed by atoms with van der Waals surface area (Å²) in [4.78, 5) is 13.0. The lowest BCUT2D eigenvalue weighted by Crippen LogP contribution is -2.45. The van der Waals surface area contributed by atoms with Gasteiger partial charge in [-0.15, -0.1) is 6.58 Å². The summed E-state index contributed by atoms with van der Waals surface area (Å²) in [7, 11) is 1.79. The van der Waals surface area contributed by atoms with Crippen molar-refractivity contribution in [1.29, 1.82) is 0 Å². The van der Waals surface area contributed by atoms with Crippen LogP contribution in [0.4, 0.5) is 0 Å². The molecule has 3 nitrogen and oxygen atoms in total. The minimum absolute atomic E-state index is 0.0659. The zero-order chi connectivity index (χ0) is 13.4. The molecule has 2 rings (SSSR count). The number of nitrogens with zero attached hydrogens (tertiary/aromatic N) is 1. The van der Waals surface area contributed by atoms with Crippen LogP contribution in [-0.4, -0.2) is 37.1 Å². The molecule has 0 aliphatic carbocycles. The van der Waals surface area contributed by atoms with E-state index < -0.39 is 0 Å². The highest BCUT2D eigenvalue weighted by molar-refractivity contribution is 5.81. The van der Waals surface area contributed by atoms with Gasteiger partial charge >= 0.3 is 0 Å². The number of ether oxygens (including phenoxy) is 1. The summed E-state index contributed by atoms with van der Waals surface area (Å²) in [6.07, 6.45) is 2.04. The number of rotatable bonds is 2. The van der Waals surface area contributed by atoms with Crippen LogP contribution in [0.5, 0.6) is 0 Å². The van der Waals surface area contributed by atoms with Gasteiger partial charge in [0.2, 0.25) is 0 Å². The summed E-state index contributed by atoms with van der Waals surface area (Å²) < 4.78 is 5.24. The minimum atomic E-state index is -0.286. The molecule has 98 valence electrons. The third-order valence-electron chi connectivity index (χ3n) is 2.72. The van der Waals surface area contributed by atoms with E-state index in [9.17, 15) is 4.79 Å². The molecular formula is C15H21NO2. The molecule has 0 N–H and O–H groups in total. The Balaban J connectivity index is 0.000000199. The molecule has 0 spiro atoms. The zero-order valence-corrected chi connectivity index (χ0v) is 11.1. The molecule has 18 heavy (non-hydrogen) atoms. The zero-order valence-electron chi connectivity index (χ0n) is 11.1. The average Bonchev–Trinajstić information content (AvgIpc) is 2.37. The van der Waals surface area contributed by atoms with E-state index in [-0.39, 0.29) is 12.0 Å². The van der Waals surface area contributed by atoms with E-state index in [0.29, 0.717) is 19.6 Å². The molecule has 1 saturated heterocycles. The molecule has 1 aliphatic rings. The molecule has 1 heterocycles.